The number of halogens is 2. The lowest BCUT2D eigenvalue weighted by Gasteiger charge is -2.30. The van der Waals surface area contributed by atoms with Crippen molar-refractivity contribution in [1.29, 1.82) is 0 Å². The first-order chi connectivity index (χ1) is 14.0. The molecular weight excluding hydrogens is 382 g/mol. The van der Waals surface area contributed by atoms with Gasteiger partial charge in [0.05, 0.1) is 17.3 Å². The summed E-state index contributed by atoms with van der Waals surface area (Å²) in [5.41, 5.74) is 1.10. The second-order valence-electron chi connectivity index (χ2n) is 7.05. The fraction of sp³-hybridized carbons (Fsp3) is 0.368. The van der Waals surface area contributed by atoms with Crippen molar-refractivity contribution >= 4 is 17.1 Å². The molecule has 0 atom stereocenters. The van der Waals surface area contributed by atoms with Crippen molar-refractivity contribution in [3.05, 3.63) is 48.1 Å². The van der Waals surface area contributed by atoms with Gasteiger partial charge >= 0.3 is 6.09 Å². The molecule has 0 aliphatic carbocycles. The number of hydrogen-bond acceptors (Lipinski definition) is 5. The van der Waals surface area contributed by atoms with Gasteiger partial charge in [0.2, 0.25) is 0 Å². The van der Waals surface area contributed by atoms with E-state index in [1.165, 1.54) is 15.9 Å². The van der Waals surface area contributed by atoms with Crippen LogP contribution in [0.1, 0.15) is 18.5 Å². The normalized spacial score (nSPS) is 15.2. The van der Waals surface area contributed by atoms with Crippen LogP contribution in [0.5, 0.6) is 0 Å². The fourth-order valence-corrected chi connectivity index (χ4v) is 3.58. The molecule has 0 unspecified atom stereocenters. The van der Waals surface area contributed by atoms with Crippen molar-refractivity contribution in [1.82, 2.24) is 30.0 Å². The lowest BCUT2D eigenvalue weighted by molar-refractivity contribution is 0.124. The molecule has 3 heterocycles. The van der Waals surface area contributed by atoms with E-state index in [2.05, 4.69) is 20.4 Å². The monoisotopic (exact) mass is 402 g/mol. The minimum atomic E-state index is -0.869. The summed E-state index contributed by atoms with van der Waals surface area (Å²) >= 11 is 0. The van der Waals surface area contributed by atoms with Gasteiger partial charge < -0.3 is 15.3 Å². The Labute approximate surface area is 165 Å². The topological polar surface area (TPSA) is 96.2 Å². The molecule has 0 radical (unpaired) electrons. The maximum Gasteiger partial charge on any atom is 0.407 e. The van der Waals surface area contributed by atoms with Gasteiger partial charge in [-0.05, 0) is 37.4 Å². The van der Waals surface area contributed by atoms with Crippen LogP contribution in [-0.4, -0.2) is 55.5 Å². The number of carbonyl (C=O) groups is 1. The van der Waals surface area contributed by atoms with Crippen LogP contribution in [0.15, 0.2) is 30.7 Å². The summed E-state index contributed by atoms with van der Waals surface area (Å²) in [7, 11) is 0. The van der Waals surface area contributed by atoms with Gasteiger partial charge in [-0.25, -0.2) is 28.2 Å². The first-order valence-electron chi connectivity index (χ1n) is 9.34. The number of amides is 1. The molecule has 0 bridgehead atoms. The number of fused-ring (bicyclic) bond motifs is 1. The summed E-state index contributed by atoms with van der Waals surface area (Å²) in [6, 6.07) is 3.18. The van der Waals surface area contributed by atoms with Crippen LogP contribution in [0.4, 0.5) is 13.6 Å². The van der Waals surface area contributed by atoms with Crippen LogP contribution >= 0.6 is 0 Å². The van der Waals surface area contributed by atoms with Crippen molar-refractivity contribution in [2.75, 3.05) is 19.6 Å². The summed E-state index contributed by atoms with van der Waals surface area (Å²) in [4.78, 5) is 20.9. The molecule has 0 spiro atoms. The molecule has 1 fully saturated rings. The van der Waals surface area contributed by atoms with E-state index in [9.17, 15) is 13.6 Å². The predicted molar refractivity (Wildman–Crippen MR) is 101 cm³/mol. The Bertz CT molecular complexity index is 1030. The highest BCUT2D eigenvalue weighted by atomic mass is 19.1. The van der Waals surface area contributed by atoms with E-state index in [1.807, 2.05) is 0 Å². The van der Waals surface area contributed by atoms with Gasteiger partial charge in [-0.2, -0.15) is 5.10 Å². The van der Waals surface area contributed by atoms with Crippen LogP contribution in [0.3, 0.4) is 0 Å². The highest BCUT2D eigenvalue weighted by molar-refractivity contribution is 5.78. The Balaban J connectivity index is 1.45. The van der Waals surface area contributed by atoms with Gasteiger partial charge in [-0.3, -0.25) is 0 Å². The molecule has 1 saturated heterocycles. The largest absolute Gasteiger partial charge is 0.465 e. The molecule has 1 aliphatic heterocycles. The second kappa shape index (κ2) is 8.08. The molecule has 2 N–H and O–H groups in total. The molecule has 1 amide bonds. The zero-order valence-corrected chi connectivity index (χ0v) is 15.6. The lowest BCUT2D eigenvalue weighted by Crippen LogP contribution is -2.39. The van der Waals surface area contributed by atoms with Gasteiger partial charge in [0.1, 0.15) is 23.6 Å². The van der Waals surface area contributed by atoms with E-state index in [1.54, 1.807) is 6.20 Å². The molecule has 2 aromatic heterocycles. The molecular formula is C19H20F2N6O2. The molecule has 1 aliphatic rings. The number of carboxylic acid groups (broad SMARTS) is 1. The smallest absolute Gasteiger partial charge is 0.407 e. The molecule has 152 valence electrons. The third-order valence-corrected chi connectivity index (χ3v) is 5.20. The molecule has 0 saturated carbocycles. The predicted octanol–water partition coefficient (Wildman–Crippen LogP) is 2.57. The van der Waals surface area contributed by atoms with E-state index in [4.69, 9.17) is 5.11 Å². The Morgan fingerprint density at radius 1 is 1.24 bits per heavy atom. The summed E-state index contributed by atoms with van der Waals surface area (Å²) in [6.45, 7) is 2.30. The quantitative estimate of drug-likeness (QED) is 0.681. The van der Waals surface area contributed by atoms with Crippen LogP contribution < -0.4 is 5.32 Å². The maximum absolute atomic E-state index is 14.1. The molecule has 8 nitrogen and oxygen atoms in total. The number of hydrogen-bond donors (Lipinski definition) is 2. The summed E-state index contributed by atoms with van der Waals surface area (Å²) < 4.78 is 28.9. The number of benzene rings is 1. The number of rotatable bonds is 5. The molecule has 4 rings (SSSR count). The summed E-state index contributed by atoms with van der Waals surface area (Å²) in [5.74, 6) is -0.760. The zero-order valence-electron chi connectivity index (χ0n) is 15.6. The number of nitrogens with zero attached hydrogens (tertiary/aromatic N) is 5. The Kier molecular flexibility index (Phi) is 5.34. The van der Waals surface area contributed by atoms with Gasteiger partial charge in [-0.1, -0.05) is 0 Å². The molecule has 1 aromatic carbocycles. The van der Waals surface area contributed by atoms with Crippen LogP contribution in [-0.2, 0) is 6.54 Å². The standard InChI is InChI=1S/C19H20F2N6O2/c20-13-1-2-15(21)17(7-13)27-18-14(9-25-27)16(23-11-24-18)10-22-8-12-3-5-26(6-4-12)19(28)29/h1-2,7,9,11-12,22H,3-6,8,10H2,(H,28,29). The Morgan fingerprint density at radius 2 is 2.03 bits per heavy atom. The minimum Gasteiger partial charge on any atom is -0.465 e. The minimum absolute atomic E-state index is 0.0113. The second-order valence-corrected chi connectivity index (χ2v) is 7.05. The fourth-order valence-electron chi connectivity index (χ4n) is 3.58. The third kappa shape index (κ3) is 4.02. The van der Waals surface area contributed by atoms with E-state index < -0.39 is 17.7 Å². The highest BCUT2D eigenvalue weighted by Crippen LogP contribution is 2.21. The average Bonchev–Trinajstić information content (AvgIpc) is 3.15. The van der Waals surface area contributed by atoms with Gasteiger partial charge in [0.15, 0.2) is 5.65 Å². The average molecular weight is 402 g/mol. The van der Waals surface area contributed by atoms with Crippen molar-refractivity contribution in [2.24, 2.45) is 5.92 Å². The molecule has 10 heteroatoms. The van der Waals surface area contributed by atoms with Crippen LogP contribution in [0, 0.1) is 17.6 Å². The number of piperidine rings is 1. The Morgan fingerprint density at radius 3 is 2.79 bits per heavy atom. The maximum atomic E-state index is 14.1. The van der Waals surface area contributed by atoms with Gasteiger partial charge in [-0.15, -0.1) is 0 Å². The van der Waals surface area contributed by atoms with Crippen molar-refractivity contribution in [3.63, 3.8) is 0 Å². The molecule has 29 heavy (non-hydrogen) atoms. The zero-order chi connectivity index (χ0) is 20.4. The molecule has 3 aromatic rings. The van der Waals surface area contributed by atoms with Crippen molar-refractivity contribution in [2.45, 2.75) is 19.4 Å². The lowest BCUT2D eigenvalue weighted by atomic mass is 9.97. The van der Waals surface area contributed by atoms with Gasteiger partial charge in [0, 0.05) is 25.7 Å². The van der Waals surface area contributed by atoms with Crippen LogP contribution in [0.25, 0.3) is 16.7 Å². The first kappa shape index (κ1) is 19.2. The van der Waals surface area contributed by atoms with Crippen molar-refractivity contribution in [3.8, 4) is 5.69 Å². The Hall–Kier alpha value is -3.14. The summed E-state index contributed by atoms with van der Waals surface area (Å²) in [5, 5.41) is 17.2. The number of likely N-dealkylation sites (tertiary alicyclic amines) is 1. The third-order valence-electron chi connectivity index (χ3n) is 5.20. The van der Waals surface area contributed by atoms with Crippen molar-refractivity contribution < 1.29 is 18.7 Å². The van der Waals surface area contributed by atoms with E-state index in [-0.39, 0.29) is 5.69 Å². The van der Waals surface area contributed by atoms with Crippen LogP contribution in [0.2, 0.25) is 0 Å². The van der Waals surface area contributed by atoms with Gasteiger partial charge in [0.25, 0.3) is 0 Å². The summed E-state index contributed by atoms with van der Waals surface area (Å²) in [6.07, 6.45) is 3.68. The SMILES string of the molecule is O=C(O)N1CCC(CNCc2ncnc3c2cnn3-c2cc(F)ccc2F)CC1. The first-order valence-corrected chi connectivity index (χ1v) is 9.34. The number of nitrogens with one attached hydrogen (secondary N) is 1. The van der Waals surface area contributed by atoms with E-state index in [0.717, 1.165) is 37.6 Å². The van der Waals surface area contributed by atoms with E-state index >= 15 is 0 Å². The highest BCUT2D eigenvalue weighted by Gasteiger charge is 2.22. The van der Waals surface area contributed by atoms with E-state index in [0.29, 0.717) is 42.3 Å². The number of aromatic nitrogens is 4.